The molecule has 0 bridgehead atoms. The summed E-state index contributed by atoms with van der Waals surface area (Å²) in [6, 6.07) is 26.7. The van der Waals surface area contributed by atoms with Gasteiger partial charge in [0.2, 0.25) is 0 Å². The Balaban J connectivity index is 0.000000199. The first-order chi connectivity index (χ1) is 14.9. The van der Waals surface area contributed by atoms with Gasteiger partial charge in [-0.3, -0.25) is 0 Å². The molecule has 0 atom stereocenters. The summed E-state index contributed by atoms with van der Waals surface area (Å²) in [6.45, 7) is 0. The van der Waals surface area contributed by atoms with Gasteiger partial charge in [-0.05, 0) is 0 Å². The van der Waals surface area contributed by atoms with E-state index in [1.165, 1.54) is 97.1 Å². The molecule has 2 saturated carbocycles. The van der Waals surface area contributed by atoms with Crippen molar-refractivity contribution in [3.05, 3.63) is 83.9 Å². The molecule has 0 radical (unpaired) electrons. The van der Waals surface area contributed by atoms with Crippen molar-refractivity contribution in [3.8, 4) is 0 Å². The van der Waals surface area contributed by atoms with Crippen molar-refractivity contribution in [2.24, 2.45) is 0 Å². The van der Waals surface area contributed by atoms with Crippen LogP contribution in [0.5, 0.6) is 0 Å². The summed E-state index contributed by atoms with van der Waals surface area (Å²) in [5.41, 5.74) is 3.19. The molecule has 3 heteroatoms. The summed E-state index contributed by atoms with van der Waals surface area (Å²) in [5.74, 6) is 1.68. The topological polar surface area (TPSA) is 0 Å². The van der Waals surface area contributed by atoms with Gasteiger partial charge in [-0.15, -0.1) is 82.2 Å². The van der Waals surface area contributed by atoms with E-state index in [9.17, 15) is 0 Å². The van der Waals surface area contributed by atoms with Gasteiger partial charge in [-0.1, -0.05) is 75.3 Å². The molecule has 0 saturated heterocycles. The fraction of sp³-hybridized carbons (Fsp3) is 0.345. The average molecular weight is 543 g/mol. The molecule has 0 spiro atoms. The molecule has 0 nitrogen and oxygen atoms in total. The van der Waals surface area contributed by atoms with Gasteiger partial charge in [0, 0.05) is 0 Å². The number of halogens is 2. The quantitative estimate of drug-likeness (QED) is 0.342. The fourth-order valence-electron chi connectivity index (χ4n) is 5.53. The third-order valence-corrected chi connectivity index (χ3v) is 7.02. The van der Waals surface area contributed by atoms with Gasteiger partial charge in [-0.25, -0.2) is 0 Å². The van der Waals surface area contributed by atoms with Crippen LogP contribution in [0.15, 0.2) is 72.8 Å². The van der Waals surface area contributed by atoms with Crippen molar-refractivity contribution in [1.82, 2.24) is 0 Å². The van der Waals surface area contributed by atoms with Gasteiger partial charge in [0.15, 0.2) is 0 Å². The molecule has 0 unspecified atom stereocenters. The maximum Gasteiger partial charge on any atom is -0.0535 e. The van der Waals surface area contributed by atoms with Crippen LogP contribution in [0.1, 0.15) is 74.3 Å². The van der Waals surface area contributed by atoms with Crippen LogP contribution in [-0.2, 0) is 24.2 Å². The predicted octanol–water partition coefficient (Wildman–Crippen LogP) is 2.41. The third-order valence-electron chi connectivity index (χ3n) is 7.02. The summed E-state index contributed by atoms with van der Waals surface area (Å²) < 4.78 is 3.34. The molecule has 4 aromatic rings. The number of benzene rings is 2. The molecule has 0 aromatic heterocycles. The maximum absolute atomic E-state index is 3.34. The minimum absolute atomic E-state index is 0. The summed E-state index contributed by atoms with van der Waals surface area (Å²) in [7, 11) is 0. The van der Waals surface area contributed by atoms with Crippen molar-refractivity contribution in [2.45, 2.75) is 63.2 Å². The Hall–Kier alpha value is -1.01. The van der Waals surface area contributed by atoms with Crippen molar-refractivity contribution >= 4 is 25.8 Å². The molecular formula is C29H32Cl2Zr-2. The third kappa shape index (κ3) is 6.11. The number of rotatable bonds is 2. The molecule has 4 aromatic carbocycles. The molecule has 2 fully saturated rings. The molecule has 0 aliphatic heterocycles. The zero-order chi connectivity index (χ0) is 20.8. The van der Waals surface area contributed by atoms with Crippen LogP contribution in [0.4, 0.5) is 0 Å². The van der Waals surface area contributed by atoms with Crippen molar-refractivity contribution in [1.29, 1.82) is 0 Å². The summed E-state index contributed by atoms with van der Waals surface area (Å²) >= 11 is 1.30. The minimum Gasteiger partial charge on any atom is -1.00 e. The molecule has 32 heavy (non-hydrogen) atoms. The van der Waals surface area contributed by atoms with Crippen LogP contribution in [0.2, 0.25) is 0 Å². The number of hydrogen-bond acceptors (Lipinski definition) is 0. The average Bonchev–Trinajstić information content (AvgIpc) is 3.61. The van der Waals surface area contributed by atoms with E-state index < -0.39 is 0 Å². The van der Waals surface area contributed by atoms with Gasteiger partial charge in [-0.2, -0.15) is 11.1 Å². The standard InChI is InChI=1S/2C14H15.CH2.2ClH.Zr/c2*1-2-6-11(5-1)14-10-9-12-7-3-4-8-13(12)14;;;;/h2*3-4,7-11H,1-2,5-6H2;1H2;2*1H;/q2*-1;;;;+2/p-2. The Kier molecular flexibility index (Phi) is 11.6. The molecule has 168 valence electrons. The minimum atomic E-state index is 0. The molecule has 0 N–H and O–H groups in total. The summed E-state index contributed by atoms with van der Waals surface area (Å²) in [5, 5.41) is 5.79. The zero-order valence-electron chi connectivity index (χ0n) is 18.7. The smallest absolute Gasteiger partial charge is 0.0535 e. The molecule has 2 aliphatic carbocycles. The summed E-state index contributed by atoms with van der Waals surface area (Å²) in [6.07, 6.45) is 11.3. The first-order valence-corrected chi connectivity index (χ1v) is 13.3. The van der Waals surface area contributed by atoms with E-state index in [1.54, 1.807) is 11.1 Å². The van der Waals surface area contributed by atoms with Crippen molar-refractivity contribution in [3.63, 3.8) is 0 Å². The van der Waals surface area contributed by atoms with E-state index in [0.29, 0.717) is 0 Å². The van der Waals surface area contributed by atoms with Gasteiger partial charge < -0.3 is 24.8 Å². The van der Waals surface area contributed by atoms with Gasteiger partial charge in [0.05, 0.1) is 0 Å². The molecule has 6 rings (SSSR count). The zero-order valence-corrected chi connectivity index (χ0v) is 22.7. The first kappa shape index (κ1) is 27.2. The Labute approximate surface area is 220 Å². The second kappa shape index (κ2) is 13.6. The van der Waals surface area contributed by atoms with Crippen LogP contribution in [-0.4, -0.2) is 4.21 Å². The van der Waals surface area contributed by atoms with Crippen LogP contribution in [0.3, 0.4) is 0 Å². The monoisotopic (exact) mass is 540 g/mol. The van der Waals surface area contributed by atoms with Crippen LogP contribution in [0.25, 0.3) is 21.5 Å². The fourth-order valence-corrected chi connectivity index (χ4v) is 5.53. The maximum atomic E-state index is 3.34. The normalized spacial score (nSPS) is 15.9. The van der Waals surface area contributed by atoms with E-state index in [4.69, 9.17) is 0 Å². The van der Waals surface area contributed by atoms with Gasteiger partial charge >= 0.3 is 28.4 Å². The molecule has 2 aliphatic rings. The van der Waals surface area contributed by atoms with Crippen molar-refractivity contribution in [2.75, 3.05) is 0 Å². The van der Waals surface area contributed by atoms with E-state index in [0.717, 1.165) is 11.8 Å². The van der Waals surface area contributed by atoms with E-state index in [2.05, 4.69) is 77.0 Å². The number of fused-ring (bicyclic) bond motifs is 2. The molecule has 0 amide bonds. The van der Waals surface area contributed by atoms with Crippen molar-refractivity contribution < 1.29 is 49.0 Å². The molecular weight excluding hydrogens is 510 g/mol. The SMILES string of the molecule is [CH2]=[Zr+2].[Cl-].[Cl-].c1ccc2c(C3CCCC3)c[cH-]c2c1.c1ccc2c(C3CCCC3)c[cH-]c2c1. The van der Waals surface area contributed by atoms with Crippen LogP contribution < -0.4 is 24.8 Å². The first-order valence-electron chi connectivity index (χ1n) is 11.5. The predicted molar refractivity (Wildman–Crippen MR) is 129 cm³/mol. The van der Waals surface area contributed by atoms with Gasteiger partial charge in [0.25, 0.3) is 0 Å². The van der Waals surface area contributed by atoms with Crippen LogP contribution in [0, 0.1) is 0 Å². The van der Waals surface area contributed by atoms with E-state index >= 15 is 0 Å². The van der Waals surface area contributed by atoms with E-state index in [-0.39, 0.29) is 24.8 Å². The Morgan fingerprint density at radius 1 is 0.594 bits per heavy atom. The largest absolute Gasteiger partial charge is 1.00 e. The Morgan fingerprint density at radius 2 is 0.938 bits per heavy atom. The number of hydrogen-bond donors (Lipinski definition) is 0. The van der Waals surface area contributed by atoms with Crippen LogP contribution >= 0.6 is 0 Å². The Bertz CT molecular complexity index is 979. The molecule has 0 heterocycles. The van der Waals surface area contributed by atoms with Gasteiger partial charge in [0.1, 0.15) is 0 Å². The Morgan fingerprint density at radius 3 is 1.31 bits per heavy atom. The van der Waals surface area contributed by atoms with E-state index in [1.807, 2.05) is 0 Å². The summed E-state index contributed by atoms with van der Waals surface area (Å²) in [4.78, 5) is 0. The second-order valence-electron chi connectivity index (χ2n) is 8.71. The second-order valence-corrected chi connectivity index (χ2v) is 8.71.